The van der Waals surface area contributed by atoms with Gasteiger partial charge in [-0.05, 0) is 35.9 Å². The predicted octanol–water partition coefficient (Wildman–Crippen LogP) is 3.49. The van der Waals surface area contributed by atoms with Gasteiger partial charge in [0.05, 0.1) is 6.54 Å². The van der Waals surface area contributed by atoms with Crippen molar-refractivity contribution in [1.82, 2.24) is 9.80 Å². The Morgan fingerprint density at radius 3 is 2.68 bits per heavy atom. The third-order valence-electron chi connectivity index (χ3n) is 4.54. The van der Waals surface area contributed by atoms with E-state index in [9.17, 15) is 9.59 Å². The molecule has 0 spiro atoms. The van der Waals surface area contributed by atoms with Gasteiger partial charge in [0.15, 0.2) is 0 Å². The maximum absolute atomic E-state index is 12.5. The number of halogens is 1. The number of carbonyl (C=O) groups is 2. The van der Waals surface area contributed by atoms with Gasteiger partial charge in [-0.2, -0.15) is 0 Å². The molecule has 28 heavy (non-hydrogen) atoms. The molecular formula is C22H23ClN2O3. The zero-order valence-electron chi connectivity index (χ0n) is 15.6. The lowest BCUT2D eigenvalue weighted by molar-refractivity contribution is -0.130. The molecule has 146 valence electrons. The van der Waals surface area contributed by atoms with Crippen molar-refractivity contribution in [3.63, 3.8) is 0 Å². The van der Waals surface area contributed by atoms with Gasteiger partial charge in [0.2, 0.25) is 11.8 Å². The van der Waals surface area contributed by atoms with Crippen molar-refractivity contribution >= 4 is 29.5 Å². The molecule has 1 aliphatic heterocycles. The zero-order chi connectivity index (χ0) is 19.8. The Bertz CT molecular complexity index is 839. The Hall–Kier alpha value is -2.79. The van der Waals surface area contributed by atoms with E-state index in [1.165, 1.54) is 6.08 Å². The second-order valence-electron chi connectivity index (χ2n) is 6.51. The van der Waals surface area contributed by atoms with Crippen molar-refractivity contribution in [3.8, 4) is 5.75 Å². The van der Waals surface area contributed by atoms with Crippen molar-refractivity contribution in [2.45, 2.75) is 6.42 Å². The molecular weight excluding hydrogens is 376 g/mol. The average molecular weight is 399 g/mol. The quantitative estimate of drug-likeness (QED) is 0.700. The molecule has 1 fully saturated rings. The van der Waals surface area contributed by atoms with E-state index >= 15 is 0 Å². The first-order chi connectivity index (χ1) is 13.6. The summed E-state index contributed by atoms with van der Waals surface area (Å²) in [5.74, 6) is 0.730. The largest absolute Gasteiger partial charge is 0.492 e. The molecule has 6 heteroatoms. The van der Waals surface area contributed by atoms with E-state index in [2.05, 4.69) is 0 Å². The second-order valence-corrected chi connectivity index (χ2v) is 6.94. The third-order valence-corrected chi connectivity index (χ3v) is 4.78. The van der Waals surface area contributed by atoms with Crippen LogP contribution in [-0.2, 0) is 9.59 Å². The number of benzene rings is 2. The fraction of sp³-hybridized carbons (Fsp3) is 0.273. The highest BCUT2D eigenvalue weighted by molar-refractivity contribution is 6.30. The van der Waals surface area contributed by atoms with Gasteiger partial charge in [-0.1, -0.05) is 41.9 Å². The summed E-state index contributed by atoms with van der Waals surface area (Å²) in [6.45, 7) is 2.38. The molecule has 1 aliphatic rings. The van der Waals surface area contributed by atoms with Gasteiger partial charge in [-0.15, -0.1) is 0 Å². The van der Waals surface area contributed by atoms with E-state index in [1.54, 1.807) is 28.0 Å². The number of amides is 2. The molecule has 2 aromatic carbocycles. The van der Waals surface area contributed by atoms with Gasteiger partial charge in [-0.25, -0.2) is 0 Å². The van der Waals surface area contributed by atoms with Crippen LogP contribution in [0.3, 0.4) is 0 Å². The number of rotatable bonds is 6. The molecule has 1 heterocycles. The molecule has 3 rings (SSSR count). The summed E-state index contributed by atoms with van der Waals surface area (Å²) in [6, 6.07) is 16.8. The van der Waals surface area contributed by atoms with Crippen LogP contribution in [0.1, 0.15) is 12.0 Å². The summed E-state index contributed by atoms with van der Waals surface area (Å²) in [5, 5.41) is 0.628. The van der Waals surface area contributed by atoms with Gasteiger partial charge < -0.3 is 14.5 Å². The summed E-state index contributed by atoms with van der Waals surface area (Å²) in [6.07, 6.45) is 3.60. The van der Waals surface area contributed by atoms with Crippen LogP contribution in [-0.4, -0.2) is 54.4 Å². The molecule has 1 saturated heterocycles. The Morgan fingerprint density at radius 2 is 1.89 bits per heavy atom. The molecule has 0 radical (unpaired) electrons. The lowest BCUT2D eigenvalue weighted by Crippen LogP contribution is -2.37. The summed E-state index contributed by atoms with van der Waals surface area (Å²) < 4.78 is 5.67. The van der Waals surface area contributed by atoms with E-state index < -0.39 is 0 Å². The molecule has 2 aromatic rings. The summed E-state index contributed by atoms with van der Waals surface area (Å²) in [4.78, 5) is 28.3. The molecule has 0 atom stereocenters. The first-order valence-corrected chi connectivity index (χ1v) is 9.68. The molecule has 0 aliphatic carbocycles. The molecule has 0 saturated carbocycles. The topological polar surface area (TPSA) is 49.9 Å². The minimum absolute atomic E-state index is 0.0470. The van der Waals surface area contributed by atoms with Crippen LogP contribution in [0.25, 0.3) is 6.08 Å². The van der Waals surface area contributed by atoms with Crippen molar-refractivity contribution < 1.29 is 14.3 Å². The van der Waals surface area contributed by atoms with E-state index in [-0.39, 0.29) is 11.8 Å². The summed E-state index contributed by atoms with van der Waals surface area (Å²) in [5.41, 5.74) is 0.867. The van der Waals surface area contributed by atoms with E-state index in [4.69, 9.17) is 16.3 Å². The lowest BCUT2D eigenvalue weighted by atomic mass is 10.2. The smallest absolute Gasteiger partial charge is 0.246 e. The average Bonchev–Trinajstić information content (AvgIpc) is 2.89. The Morgan fingerprint density at radius 1 is 1.07 bits per heavy atom. The van der Waals surface area contributed by atoms with E-state index in [0.717, 1.165) is 11.3 Å². The standard InChI is InChI=1S/C22H23ClN2O3/c23-19-6-4-5-18(17-19)9-10-21(26)24-12-11-22(27)25(14-13-24)15-16-28-20-7-2-1-3-8-20/h1-10,17H,11-16H2. The highest BCUT2D eigenvalue weighted by Gasteiger charge is 2.22. The molecule has 0 unspecified atom stereocenters. The van der Waals surface area contributed by atoms with Crippen molar-refractivity contribution in [2.75, 3.05) is 32.8 Å². The number of hydrogen-bond donors (Lipinski definition) is 0. The number of nitrogens with zero attached hydrogens (tertiary/aromatic N) is 2. The van der Waals surface area contributed by atoms with Crippen molar-refractivity contribution in [2.24, 2.45) is 0 Å². The van der Waals surface area contributed by atoms with Gasteiger partial charge in [0.1, 0.15) is 12.4 Å². The first-order valence-electron chi connectivity index (χ1n) is 9.30. The predicted molar refractivity (Wildman–Crippen MR) is 110 cm³/mol. The monoisotopic (exact) mass is 398 g/mol. The SMILES string of the molecule is O=C(C=Cc1cccc(Cl)c1)N1CCC(=O)N(CCOc2ccccc2)CC1. The van der Waals surface area contributed by atoms with Gasteiger partial charge >= 0.3 is 0 Å². The van der Waals surface area contributed by atoms with Crippen LogP contribution in [0.15, 0.2) is 60.7 Å². The number of carbonyl (C=O) groups excluding carboxylic acids is 2. The molecule has 2 amide bonds. The van der Waals surface area contributed by atoms with Gasteiger partial charge in [-0.3, -0.25) is 9.59 Å². The van der Waals surface area contributed by atoms with Crippen LogP contribution in [0, 0.1) is 0 Å². The normalized spacial score (nSPS) is 15.0. The lowest BCUT2D eigenvalue weighted by Gasteiger charge is -2.21. The van der Waals surface area contributed by atoms with Crippen molar-refractivity contribution in [1.29, 1.82) is 0 Å². The molecule has 0 bridgehead atoms. The first kappa shape index (κ1) is 20.0. The summed E-state index contributed by atoms with van der Waals surface area (Å²) >= 11 is 5.96. The Kier molecular flexibility index (Phi) is 7.09. The van der Waals surface area contributed by atoms with Crippen LogP contribution in [0.5, 0.6) is 5.75 Å². The second kappa shape index (κ2) is 9.95. The van der Waals surface area contributed by atoms with Gasteiger partial charge in [0.25, 0.3) is 0 Å². The fourth-order valence-corrected chi connectivity index (χ4v) is 3.20. The van der Waals surface area contributed by atoms with Crippen molar-refractivity contribution in [3.05, 3.63) is 71.3 Å². The zero-order valence-corrected chi connectivity index (χ0v) is 16.3. The summed E-state index contributed by atoms with van der Waals surface area (Å²) in [7, 11) is 0. The van der Waals surface area contributed by atoms with Crippen LogP contribution in [0.4, 0.5) is 0 Å². The van der Waals surface area contributed by atoms with Crippen LogP contribution in [0.2, 0.25) is 5.02 Å². The minimum Gasteiger partial charge on any atom is -0.492 e. The molecule has 0 aromatic heterocycles. The van der Waals surface area contributed by atoms with Gasteiger partial charge in [0, 0.05) is 37.2 Å². The van der Waals surface area contributed by atoms with Crippen LogP contribution >= 0.6 is 11.6 Å². The maximum Gasteiger partial charge on any atom is 0.246 e. The maximum atomic E-state index is 12.5. The van der Waals surface area contributed by atoms with Crippen LogP contribution < -0.4 is 4.74 Å². The highest BCUT2D eigenvalue weighted by Crippen LogP contribution is 2.13. The molecule has 5 nitrogen and oxygen atoms in total. The number of para-hydroxylation sites is 1. The fourth-order valence-electron chi connectivity index (χ4n) is 3.00. The van der Waals surface area contributed by atoms with E-state index in [0.29, 0.717) is 44.2 Å². The van der Waals surface area contributed by atoms with E-state index in [1.807, 2.05) is 42.5 Å². The number of hydrogen-bond acceptors (Lipinski definition) is 3. The number of ether oxygens (including phenoxy) is 1. The molecule has 0 N–H and O–H groups in total. The highest BCUT2D eigenvalue weighted by atomic mass is 35.5. The third kappa shape index (κ3) is 5.86. The Balaban J connectivity index is 1.50. The Labute approximate surface area is 170 Å². The minimum atomic E-state index is -0.102.